The average molecular weight is 1160 g/mol. The van der Waals surface area contributed by atoms with Crippen LogP contribution < -0.4 is 20.6 Å². The number of hydrogen-bond acceptors (Lipinski definition) is 10. The number of nitrogens with one attached hydrogen (secondary N) is 2. The van der Waals surface area contributed by atoms with Crippen molar-refractivity contribution >= 4 is 69.9 Å². The number of halogens is 10. The zero-order valence-corrected chi connectivity index (χ0v) is 39.9. The van der Waals surface area contributed by atoms with Gasteiger partial charge in [0.15, 0.2) is 0 Å². The van der Waals surface area contributed by atoms with E-state index in [0.717, 1.165) is 38.6 Å². The molecule has 66 heavy (non-hydrogen) atoms. The molecule has 4 aromatic rings. The number of alkyl halides is 6. The van der Waals surface area contributed by atoms with E-state index in [4.69, 9.17) is 10.2 Å². The SMILES string of the molecule is Cn1cc(NS(=O)(=O)C2(CC(O)CO)CC2)c(Cc2ccc(Br)cc2F)c(C(F)(F)F)c1=O.Cn1cc(NS(=O)(=O)C2(CC(O)CO)CC2)c(Cc2ccc(I)cc2F)c(C(F)(F)F)c1=O. The van der Waals surface area contributed by atoms with Gasteiger partial charge in [0.2, 0.25) is 20.0 Å². The fourth-order valence-corrected chi connectivity index (χ4v) is 11.6. The van der Waals surface area contributed by atoms with Gasteiger partial charge in [-0.1, -0.05) is 28.1 Å². The smallest absolute Gasteiger partial charge is 0.394 e. The van der Waals surface area contributed by atoms with Crippen molar-refractivity contribution in [1.29, 1.82) is 0 Å². The molecular formula is C40H42BrF8IN4O10S2. The normalized spacial score (nSPS) is 16.5. The number of benzene rings is 2. The van der Waals surface area contributed by atoms with Gasteiger partial charge in [0.25, 0.3) is 11.1 Å². The summed E-state index contributed by atoms with van der Waals surface area (Å²) in [4.78, 5) is 24.8. The Labute approximate surface area is 394 Å². The number of sulfonamides is 2. The quantitative estimate of drug-likeness (QED) is 0.0597. The van der Waals surface area contributed by atoms with E-state index in [-0.39, 0.29) is 49.7 Å². The first-order valence-corrected chi connectivity index (χ1v) is 24.3. The Morgan fingerprint density at radius 2 is 1.06 bits per heavy atom. The number of aliphatic hydroxyl groups is 4. The monoisotopic (exact) mass is 1160 g/mol. The average Bonchev–Trinajstić information content (AvgIpc) is 4.14. The molecule has 364 valence electrons. The zero-order valence-electron chi connectivity index (χ0n) is 34.6. The summed E-state index contributed by atoms with van der Waals surface area (Å²) in [6, 6.07) is 7.55. The third-order valence-electron chi connectivity index (χ3n) is 11.2. The van der Waals surface area contributed by atoms with Crippen LogP contribution in [0.3, 0.4) is 0 Å². The summed E-state index contributed by atoms with van der Waals surface area (Å²) < 4.78 is 168. The third-order valence-corrected chi connectivity index (χ3v) is 16.8. The Morgan fingerprint density at radius 3 is 1.38 bits per heavy atom. The Balaban J connectivity index is 0.000000247. The molecule has 0 radical (unpaired) electrons. The standard InChI is InChI=1S/C20H21BrF4N2O5S.C20H21F4IN2O5S/c1-27-9-16(26-33(31,32)19(4-5-19)8-13(29)10-28)14(17(18(27)30)20(23,24)25)6-11-2-3-12(21)7-15(11)22;1-27-9-16(26-33(31,32)19(4-5-19)8-13(29)10-28)14(17(18(27)30)20(22,23)24)6-11-2-3-12(25)7-15(11)21/h2*2-3,7,9,13,26,28-29H,4-6,8,10H2,1H3. The van der Waals surface area contributed by atoms with Crippen molar-refractivity contribution in [1.82, 2.24) is 9.13 Å². The van der Waals surface area contributed by atoms with Crippen LogP contribution in [0.2, 0.25) is 0 Å². The molecule has 2 aromatic heterocycles. The molecule has 6 N–H and O–H groups in total. The van der Waals surface area contributed by atoms with E-state index in [1.807, 2.05) is 22.6 Å². The molecule has 0 bridgehead atoms. The van der Waals surface area contributed by atoms with E-state index in [2.05, 4.69) is 25.4 Å². The minimum Gasteiger partial charge on any atom is -0.394 e. The maximum atomic E-state index is 14.4. The van der Waals surface area contributed by atoms with Crippen LogP contribution in [0, 0.1) is 15.2 Å². The molecule has 0 saturated heterocycles. The van der Waals surface area contributed by atoms with Crippen LogP contribution in [0.4, 0.5) is 46.5 Å². The molecular weight excluding hydrogens is 1120 g/mol. The maximum absolute atomic E-state index is 14.4. The van der Waals surface area contributed by atoms with Gasteiger partial charge in [0.1, 0.15) is 22.8 Å². The Kier molecular flexibility index (Phi) is 15.9. The molecule has 0 amide bonds. The number of pyridine rings is 2. The summed E-state index contributed by atoms with van der Waals surface area (Å²) in [5.41, 5.74) is -8.76. The lowest BCUT2D eigenvalue weighted by Gasteiger charge is -2.23. The molecule has 0 aliphatic heterocycles. The van der Waals surface area contributed by atoms with Gasteiger partial charge in [-0.2, -0.15) is 26.3 Å². The maximum Gasteiger partial charge on any atom is 0.422 e. The van der Waals surface area contributed by atoms with E-state index < -0.39 is 137 Å². The number of anilines is 2. The number of aliphatic hydroxyl groups excluding tert-OH is 4. The first kappa shape index (κ1) is 53.3. The Morgan fingerprint density at radius 1 is 0.697 bits per heavy atom. The molecule has 2 aliphatic carbocycles. The number of hydrogen-bond donors (Lipinski definition) is 6. The first-order valence-electron chi connectivity index (χ1n) is 19.5. The predicted octanol–water partition coefficient (Wildman–Crippen LogP) is 5.67. The molecule has 2 aromatic carbocycles. The van der Waals surface area contributed by atoms with Gasteiger partial charge < -0.3 is 29.6 Å². The van der Waals surface area contributed by atoms with Gasteiger partial charge >= 0.3 is 12.4 Å². The molecule has 0 spiro atoms. The lowest BCUT2D eigenvalue weighted by Crippen LogP contribution is -2.36. The van der Waals surface area contributed by atoms with Crippen molar-refractivity contribution in [3.8, 4) is 0 Å². The summed E-state index contributed by atoms with van der Waals surface area (Å²) in [6.07, 6.45) is -12.5. The lowest BCUT2D eigenvalue weighted by molar-refractivity contribution is -0.140. The lowest BCUT2D eigenvalue weighted by atomic mass is 9.99. The van der Waals surface area contributed by atoms with Crippen LogP contribution >= 0.6 is 38.5 Å². The van der Waals surface area contributed by atoms with Crippen molar-refractivity contribution < 1.29 is 72.4 Å². The molecule has 2 fully saturated rings. The summed E-state index contributed by atoms with van der Waals surface area (Å²) in [5, 5.41) is 37.6. The van der Waals surface area contributed by atoms with E-state index in [1.54, 1.807) is 0 Å². The minimum absolute atomic E-state index is 0.133. The molecule has 26 heteroatoms. The van der Waals surface area contributed by atoms with Crippen LogP contribution in [0.25, 0.3) is 0 Å². The number of rotatable bonds is 16. The fraction of sp³-hybridized carbons (Fsp3) is 0.450. The second-order valence-electron chi connectivity index (χ2n) is 16.1. The van der Waals surface area contributed by atoms with Gasteiger partial charge in [-0.15, -0.1) is 0 Å². The van der Waals surface area contributed by atoms with Crippen LogP contribution in [0.5, 0.6) is 0 Å². The first-order chi connectivity index (χ1) is 30.4. The molecule has 2 saturated carbocycles. The van der Waals surface area contributed by atoms with Gasteiger partial charge in [-0.25, -0.2) is 25.6 Å². The Hall–Kier alpha value is -3.67. The number of nitrogens with zero attached hydrogens (tertiary/aromatic N) is 2. The van der Waals surface area contributed by atoms with E-state index >= 15 is 0 Å². The highest BCUT2D eigenvalue weighted by atomic mass is 127. The van der Waals surface area contributed by atoms with E-state index in [1.165, 1.54) is 24.3 Å². The zero-order chi connectivity index (χ0) is 49.5. The summed E-state index contributed by atoms with van der Waals surface area (Å²) >= 11 is 4.89. The Bertz CT molecular complexity index is 2650. The van der Waals surface area contributed by atoms with Crippen molar-refractivity contribution in [3.63, 3.8) is 0 Å². The highest BCUT2D eigenvalue weighted by Gasteiger charge is 2.57. The van der Waals surface area contributed by atoms with Crippen LogP contribution in [-0.2, 0) is 59.3 Å². The summed E-state index contributed by atoms with van der Waals surface area (Å²) in [6.45, 7) is -1.35. The predicted molar refractivity (Wildman–Crippen MR) is 237 cm³/mol. The molecule has 14 nitrogen and oxygen atoms in total. The second kappa shape index (κ2) is 19.7. The molecule has 6 rings (SSSR count). The number of aryl methyl sites for hydroxylation is 2. The topological polar surface area (TPSA) is 217 Å². The van der Waals surface area contributed by atoms with E-state index in [0.29, 0.717) is 17.2 Å². The van der Waals surface area contributed by atoms with Gasteiger partial charge in [-0.05, 0) is 96.5 Å². The molecule has 2 heterocycles. The van der Waals surface area contributed by atoms with Crippen molar-refractivity contribution in [2.75, 3.05) is 22.7 Å². The van der Waals surface area contributed by atoms with Gasteiger partial charge in [0, 0.05) is 58.5 Å². The van der Waals surface area contributed by atoms with Gasteiger partial charge in [-0.3, -0.25) is 19.0 Å². The largest absolute Gasteiger partial charge is 0.422 e. The van der Waals surface area contributed by atoms with Crippen molar-refractivity contribution in [2.24, 2.45) is 14.1 Å². The van der Waals surface area contributed by atoms with Crippen LogP contribution in [0.15, 0.2) is 62.9 Å². The third kappa shape index (κ3) is 11.8. The molecule has 2 atom stereocenters. The van der Waals surface area contributed by atoms with Crippen LogP contribution in [0.1, 0.15) is 71.9 Å². The highest BCUT2D eigenvalue weighted by molar-refractivity contribution is 14.1. The van der Waals surface area contributed by atoms with Crippen molar-refractivity contribution in [2.45, 2.75) is 85.4 Å². The fourth-order valence-electron chi connectivity index (χ4n) is 7.32. The summed E-state index contributed by atoms with van der Waals surface area (Å²) in [7, 11) is -6.57. The number of aromatic nitrogens is 2. The second-order valence-corrected chi connectivity index (χ2v) is 22.4. The van der Waals surface area contributed by atoms with Crippen LogP contribution in [-0.4, -0.2) is 81.3 Å². The highest BCUT2D eigenvalue weighted by Crippen LogP contribution is 2.50. The summed E-state index contributed by atoms with van der Waals surface area (Å²) in [5.74, 6) is -1.63. The molecule has 2 aliphatic rings. The minimum atomic E-state index is -5.14. The van der Waals surface area contributed by atoms with Crippen molar-refractivity contribution in [3.05, 3.63) is 123 Å². The molecule has 2 unspecified atom stereocenters. The van der Waals surface area contributed by atoms with Gasteiger partial charge in [0.05, 0.1) is 46.3 Å². The van der Waals surface area contributed by atoms with E-state index in [9.17, 15) is 71.8 Å².